The summed E-state index contributed by atoms with van der Waals surface area (Å²) >= 11 is 0. The average molecular weight is 240 g/mol. The molecule has 18 heavy (non-hydrogen) atoms. The zero-order valence-electron chi connectivity index (χ0n) is 9.92. The van der Waals surface area contributed by atoms with Crippen LogP contribution in [0.1, 0.15) is 17.3 Å². The highest BCUT2D eigenvalue weighted by Crippen LogP contribution is 2.21. The highest BCUT2D eigenvalue weighted by molar-refractivity contribution is 6.42. The van der Waals surface area contributed by atoms with Gasteiger partial charge in [0.1, 0.15) is 11.5 Å². The fourth-order valence-electron chi connectivity index (χ4n) is 1.53. The summed E-state index contributed by atoms with van der Waals surface area (Å²) in [7, 11) is 0. The Morgan fingerprint density at radius 3 is 2.22 bits per heavy atom. The van der Waals surface area contributed by atoms with Crippen molar-refractivity contribution in [2.24, 2.45) is 0 Å². The van der Waals surface area contributed by atoms with E-state index < -0.39 is 11.6 Å². The number of para-hydroxylation sites is 1. The topological polar surface area (TPSA) is 43.4 Å². The van der Waals surface area contributed by atoms with E-state index in [4.69, 9.17) is 4.74 Å². The van der Waals surface area contributed by atoms with Crippen LogP contribution in [0.4, 0.5) is 0 Å². The molecule has 0 atom stereocenters. The van der Waals surface area contributed by atoms with Crippen molar-refractivity contribution >= 4 is 11.6 Å². The molecule has 0 bridgehead atoms. The summed E-state index contributed by atoms with van der Waals surface area (Å²) in [6.07, 6.45) is 0. The van der Waals surface area contributed by atoms with Crippen LogP contribution in [0.25, 0.3) is 0 Å². The van der Waals surface area contributed by atoms with Gasteiger partial charge in [-0.1, -0.05) is 30.3 Å². The van der Waals surface area contributed by atoms with E-state index in [2.05, 4.69) is 0 Å². The Morgan fingerprint density at radius 2 is 1.56 bits per heavy atom. The van der Waals surface area contributed by atoms with E-state index >= 15 is 0 Å². The minimum absolute atomic E-state index is 0.343. The number of carbonyl (C=O) groups excluding carboxylic acids is 2. The maximum Gasteiger partial charge on any atom is 0.228 e. The molecule has 0 spiro atoms. The first-order chi connectivity index (χ1) is 8.66. The average Bonchev–Trinajstić information content (AvgIpc) is 2.39. The molecule has 2 aromatic carbocycles. The molecule has 0 aromatic heterocycles. The SMILES string of the molecule is CC(=O)C(=O)c1cccc(Oc2ccccc2)c1. The van der Waals surface area contributed by atoms with Crippen molar-refractivity contribution in [2.75, 3.05) is 0 Å². The molecule has 2 aromatic rings. The molecule has 90 valence electrons. The van der Waals surface area contributed by atoms with E-state index in [1.807, 2.05) is 30.3 Å². The number of hydrogen-bond acceptors (Lipinski definition) is 3. The van der Waals surface area contributed by atoms with Gasteiger partial charge >= 0.3 is 0 Å². The molecule has 0 amide bonds. The van der Waals surface area contributed by atoms with Crippen molar-refractivity contribution in [3.63, 3.8) is 0 Å². The molecule has 3 nitrogen and oxygen atoms in total. The van der Waals surface area contributed by atoms with E-state index in [1.54, 1.807) is 24.3 Å². The lowest BCUT2D eigenvalue weighted by Crippen LogP contribution is -2.09. The van der Waals surface area contributed by atoms with Gasteiger partial charge in [0.05, 0.1) is 0 Å². The van der Waals surface area contributed by atoms with E-state index in [0.29, 0.717) is 17.1 Å². The van der Waals surface area contributed by atoms with Crippen molar-refractivity contribution in [1.82, 2.24) is 0 Å². The Labute approximate surface area is 105 Å². The number of Topliss-reactive ketones (excluding diaryl/α,β-unsaturated/α-hetero) is 2. The fourth-order valence-corrected chi connectivity index (χ4v) is 1.53. The fraction of sp³-hybridized carbons (Fsp3) is 0.0667. The maximum atomic E-state index is 11.5. The number of hydrogen-bond donors (Lipinski definition) is 0. The first-order valence-electron chi connectivity index (χ1n) is 5.55. The van der Waals surface area contributed by atoms with E-state index in [-0.39, 0.29) is 0 Å². The minimum Gasteiger partial charge on any atom is -0.457 e. The van der Waals surface area contributed by atoms with Crippen LogP contribution in [-0.4, -0.2) is 11.6 Å². The van der Waals surface area contributed by atoms with Crippen LogP contribution in [0.15, 0.2) is 54.6 Å². The second-order valence-electron chi connectivity index (χ2n) is 3.83. The van der Waals surface area contributed by atoms with Crippen LogP contribution in [0.2, 0.25) is 0 Å². The summed E-state index contributed by atoms with van der Waals surface area (Å²) in [5, 5.41) is 0. The molecule has 0 saturated heterocycles. The summed E-state index contributed by atoms with van der Waals surface area (Å²) in [5.74, 6) is 0.235. The van der Waals surface area contributed by atoms with Gasteiger partial charge in [0.2, 0.25) is 5.78 Å². The Bertz CT molecular complexity index is 573. The predicted molar refractivity (Wildman–Crippen MR) is 68.0 cm³/mol. The van der Waals surface area contributed by atoms with Gasteiger partial charge in [0.15, 0.2) is 5.78 Å². The second kappa shape index (κ2) is 5.27. The van der Waals surface area contributed by atoms with Crippen LogP contribution in [0, 0.1) is 0 Å². The standard InChI is InChI=1S/C15H12O3/c1-11(16)15(17)12-6-5-9-14(10-12)18-13-7-3-2-4-8-13/h2-10H,1H3. The molecule has 0 aliphatic rings. The zero-order chi connectivity index (χ0) is 13.0. The van der Waals surface area contributed by atoms with Crippen LogP contribution < -0.4 is 4.74 Å². The van der Waals surface area contributed by atoms with Gasteiger partial charge in [-0.2, -0.15) is 0 Å². The number of benzene rings is 2. The smallest absolute Gasteiger partial charge is 0.228 e. The number of carbonyl (C=O) groups is 2. The van der Waals surface area contributed by atoms with Gasteiger partial charge in [-0.05, 0) is 24.3 Å². The van der Waals surface area contributed by atoms with Crippen molar-refractivity contribution in [3.05, 3.63) is 60.2 Å². The van der Waals surface area contributed by atoms with Gasteiger partial charge in [-0.3, -0.25) is 9.59 Å². The van der Waals surface area contributed by atoms with Gasteiger partial charge < -0.3 is 4.74 Å². The van der Waals surface area contributed by atoms with Gasteiger partial charge in [0.25, 0.3) is 0 Å². The second-order valence-corrected chi connectivity index (χ2v) is 3.83. The van der Waals surface area contributed by atoms with Crippen molar-refractivity contribution in [2.45, 2.75) is 6.92 Å². The van der Waals surface area contributed by atoms with Crippen molar-refractivity contribution in [1.29, 1.82) is 0 Å². The first kappa shape index (κ1) is 12.0. The number of ketones is 2. The summed E-state index contributed by atoms with van der Waals surface area (Å²) in [4.78, 5) is 22.6. The molecule has 3 heteroatoms. The summed E-state index contributed by atoms with van der Waals surface area (Å²) in [6.45, 7) is 1.26. The molecule has 0 unspecified atom stereocenters. The molecule has 0 saturated carbocycles. The lowest BCUT2D eigenvalue weighted by Gasteiger charge is -2.06. The van der Waals surface area contributed by atoms with E-state index in [0.717, 1.165) is 0 Å². The van der Waals surface area contributed by atoms with Crippen LogP contribution in [-0.2, 0) is 4.79 Å². The lowest BCUT2D eigenvalue weighted by molar-refractivity contribution is -0.113. The molecule has 0 aliphatic carbocycles. The van der Waals surface area contributed by atoms with Gasteiger partial charge in [-0.25, -0.2) is 0 Å². The summed E-state index contributed by atoms with van der Waals surface area (Å²) in [6, 6.07) is 15.8. The number of ether oxygens (including phenoxy) is 1. The minimum atomic E-state index is -0.506. The predicted octanol–water partition coefficient (Wildman–Crippen LogP) is 3.25. The van der Waals surface area contributed by atoms with Crippen molar-refractivity contribution in [3.8, 4) is 11.5 Å². The van der Waals surface area contributed by atoms with Crippen molar-refractivity contribution < 1.29 is 14.3 Å². The van der Waals surface area contributed by atoms with Crippen LogP contribution in [0.5, 0.6) is 11.5 Å². The van der Waals surface area contributed by atoms with Gasteiger partial charge in [0, 0.05) is 12.5 Å². The highest BCUT2D eigenvalue weighted by Gasteiger charge is 2.11. The molecule has 0 heterocycles. The first-order valence-corrected chi connectivity index (χ1v) is 5.55. The maximum absolute atomic E-state index is 11.5. The summed E-state index contributed by atoms with van der Waals surface area (Å²) < 4.78 is 5.59. The van der Waals surface area contributed by atoms with E-state index in [9.17, 15) is 9.59 Å². The molecule has 2 rings (SSSR count). The Kier molecular flexibility index (Phi) is 3.53. The van der Waals surface area contributed by atoms with E-state index in [1.165, 1.54) is 6.92 Å². The lowest BCUT2D eigenvalue weighted by atomic mass is 10.1. The molecule has 0 N–H and O–H groups in total. The normalized spacial score (nSPS) is 9.83. The summed E-state index contributed by atoms with van der Waals surface area (Å²) in [5.41, 5.74) is 0.343. The molecular formula is C15H12O3. The Balaban J connectivity index is 2.23. The third kappa shape index (κ3) is 2.83. The van der Waals surface area contributed by atoms with Gasteiger partial charge in [-0.15, -0.1) is 0 Å². The monoisotopic (exact) mass is 240 g/mol. The highest BCUT2D eigenvalue weighted by atomic mass is 16.5. The Hall–Kier alpha value is -2.42. The van der Waals surface area contributed by atoms with Crippen LogP contribution >= 0.6 is 0 Å². The zero-order valence-corrected chi connectivity index (χ0v) is 9.92. The third-order valence-corrected chi connectivity index (χ3v) is 2.39. The Morgan fingerprint density at radius 1 is 0.889 bits per heavy atom. The van der Waals surface area contributed by atoms with Crippen LogP contribution in [0.3, 0.4) is 0 Å². The molecule has 0 fully saturated rings. The number of rotatable bonds is 4. The molecular weight excluding hydrogens is 228 g/mol. The molecule has 0 aliphatic heterocycles. The quantitative estimate of drug-likeness (QED) is 0.608. The third-order valence-electron chi connectivity index (χ3n) is 2.39. The largest absolute Gasteiger partial charge is 0.457 e. The molecule has 0 radical (unpaired) electrons.